The number of anilines is 1. The number of alkyl halides is 4. The molecule has 0 spiro atoms. The molecule has 3 aromatic rings. The van der Waals surface area contributed by atoms with Crippen molar-refractivity contribution in [3.05, 3.63) is 99.9 Å². The molecule has 198 valence electrons. The van der Waals surface area contributed by atoms with E-state index >= 15 is 4.39 Å². The average Bonchev–Trinajstić information content (AvgIpc) is 3.10. The fourth-order valence-electron chi connectivity index (χ4n) is 3.86. The number of imide groups is 1. The third-order valence-electron chi connectivity index (χ3n) is 5.63. The molecule has 3 amide bonds. The summed E-state index contributed by atoms with van der Waals surface area (Å²) in [4.78, 5) is 38.9. The average molecular weight is 546 g/mol. The highest BCUT2D eigenvalue weighted by molar-refractivity contribution is 6.23. The molecule has 0 aromatic heterocycles. The van der Waals surface area contributed by atoms with Crippen LogP contribution < -0.4 is 5.32 Å². The second kappa shape index (κ2) is 9.50. The van der Waals surface area contributed by atoms with Gasteiger partial charge in [-0.3, -0.25) is 19.3 Å². The normalized spacial score (nSPS) is 14.9. The fraction of sp³-hybridized carbons (Fsp3) is 0.125. The molecule has 0 saturated heterocycles. The van der Waals surface area contributed by atoms with Gasteiger partial charge in [-0.25, -0.2) is 26.3 Å². The molecule has 0 saturated carbocycles. The molecule has 0 radical (unpaired) electrons. The SMILES string of the molecule is O=C(Nc1c(F)c(F)c(C(F)(F)F)c(F)c1F)[C@H]([C@@H](F)c1ccc(F)cc1)N1C(=O)c2ccccc2C1=O. The zero-order valence-corrected chi connectivity index (χ0v) is 18.3. The summed E-state index contributed by atoms with van der Waals surface area (Å²) in [5.74, 6) is -16.4. The lowest BCUT2D eigenvalue weighted by molar-refractivity contribution is -0.143. The van der Waals surface area contributed by atoms with Crippen molar-refractivity contribution in [2.45, 2.75) is 18.4 Å². The monoisotopic (exact) mass is 546 g/mol. The lowest BCUT2D eigenvalue weighted by Crippen LogP contribution is -2.50. The summed E-state index contributed by atoms with van der Waals surface area (Å²) in [6, 6.07) is 5.47. The summed E-state index contributed by atoms with van der Waals surface area (Å²) in [5, 5.41) is 1.25. The van der Waals surface area contributed by atoms with Crippen molar-refractivity contribution in [2.75, 3.05) is 5.32 Å². The van der Waals surface area contributed by atoms with Crippen molar-refractivity contribution in [1.29, 1.82) is 0 Å². The second-order valence-corrected chi connectivity index (χ2v) is 7.92. The predicted octanol–water partition coefficient (Wildman–Crippen LogP) is 5.72. The Morgan fingerprint density at radius 1 is 0.763 bits per heavy atom. The van der Waals surface area contributed by atoms with Crippen molar-refractivity contribution in [3.63, 3.8) is 0 Å². The third kappa shape index (κ3) is 4.35. The Morgan fingerprint density at radius 3 is 1.68 bits per heavy atom. The van der Waals surface area contributed by atoms with Gasteiger partial charge in [0.2, 0.25) is 0 Å². The van der Waals surface area contributed by atoms with Crippen LogP contribution in [0.1, 0.15) is 38.0 Å². The van der Waals surface area contributed by atoms with Crippen molar-refractivity contribution >= 4 is 23.4 Å². The zero-order chi connectivity index (χ0) is 28.1. The molecule has 5 nitrogen and oxygen atoms in total. The van der Waals surface area contributed by atoms with Crippen LogP contribution in [0.5, 0.6) is 0 Å². The molecule has 2 atom stereocenters. The molecule has 1 heterocycles. The third-order valence-corrected chi connectivity index (χ3v) is 5.63. The lowest BCUT2D eigenvalue weighted by Gasteiger charge is -2.28. The lowest BCUT2D eigenvalue weighted by atomic mass is 10.0. The Balaban J connectivity index is 1.81. The van der Waals surface area contributed by atoms with Crippen LogP contribution in [0.3, 0.4) is 0 Å². The molecule has 3 aromatic carbocycles. The topological polar surface area (TPSA) is 66.5 Å². The van der Waals surface area contributed by atoms with E-state index in [-0.39, 0.29) is 16.0 Å². The van der Waals surface area contributed by atoms with Gasteiger partial charge in [-0.1, -0.05) is 24.3 Å². The van der Waals surface area contributed by atoms with Gasteiger partial charge in [0.1, 0.15) is 17.1 Å². The molecule has 0 bridgehead atoms. The summed E-state index contributed by atoms with van der Waals surface area (Å²) in [6.45, 7) is 0. The molecular formula is C24H11F9N2O3. The molecule has 4 rings (SSSR count). The molecule has 1 N–H and O–H groups in total. The largest absolute Gasteiger partial charge is 0.422 e. The minimum absolute atomic E-state index is 0.0701. The first-order valence-corrected chi connectivity index (χ1v) is 10.4. The van der Waals surface area contributed by atoms with E-state index in [0.717, 1.165) is 36.4 Å². The summed E-state index contributed by atoms with van der Waals surface area (Å²) in [7, 11) is 0. The number of halogens is 9. The van der Waals surface area contributed by atoms with Crippen LogP contribution >= 0.6 is 0 Å². The zero-order valence-electron chi connectivity index (χ0n) is 18.3. The summed E-state index contributed by atoms with van der Waals surface area (Å²) in [5.41, 5.74) is -6.06. The van der Waals surface area contributed by atoms with E-state index in [2.05, 4.69) is 0 Å². The Hall–Kier alpha value is -4.36. The van der Waals surface area contributed by atoms with E-state index < -0.39 is 82.0 Å². The van der Waals surface area contributed by atoms with Crippen molar-refractivity contribution < 1.29 is 53.9 Å². The predicted molar refractivity (Wildman–Crippen MR) is 111 cm³/mol. The Kier molecular flexibility index (Phi) is 6.68. The summed E-state index contributed by atoms with van der Waals surface area (Å²) >= 11 is 0. The number of benzene rings is 3. The van der Waals surface area contributed by atoms with Gasteiger partial charge < -0.3 is 5.32 Å². The van der Waals surface area contributed by atoms with E-state index in [4.69, 9.17) is 0 Å². The molecule has 38 heavy (non-hydrogen) atoms. The number of hydrogen-bond donors (Lipinski definition) is 1. The molecule has 0 unspecified atom stereocenters. The van der Waals surface area contributed by atoms with Crippen LogP contribution in [-0.2, 0) is 11.0 Å². The molecular weight excluding hydrogens is 535 g/mol. The number of nitrogens with zero attached hydrogens (tertiary/aromatic N) is 1. The summed E-state index contributed by atoms with van der Waals surface area (Å²) < 4.78 is 124. The maximum absolute atomic E-state index is 15.7. The van der Waals surface area contributed by atoms with Crippen LogP contribution in [0.15, 0.2) is 48.5 Å². The molecule has 0 aliphatic carbocycles. The van der Waals surface area contributed by atoms with E-state index in [9.17, 15) is 49.5 Å². The van der Waals surface area contributed by atoms with Gasteiger partial charge in [0.05, 0.1) is 11.1 Å². The first-order chi connectivity index (χ1) is 17.8. The maximum atomic E-state index is 15.7. The van der Waals surface area contributed by atoms with E-state index in [1.165, 1.54) is 17.4 Å². The summed E-state index contributed by atoms with van der Waals surface area (Å²) in [6.07, 6.45) is -8.57. The number of rotatable bonds is 5. The number of carbonyl (C=O) groups is 3. The second-order valence-electron chi connectivity index (χ2n) is 7.92. The number of amides is 3. The van der Waals surface area contributed by atoms with E-state index in [1.807, 2.05) is 0 Å². The highest BCUT2D eigenvalue weighted by atomic mass is 19.4. The van der Waals surface area contributed by atoms with Crippen LogP contribution in [0, 0.1) is 29.1 Å². The smallest absolute Gasteiger partial charge is 0.319 e. The van der Waals surface area contributed by atoms with Gasteiger partial charge in [-0.2, -0.15) is 13.2 Å². The molecule has 0 fully saturated rings. The highest BCUT2D eigenvalue weighted by Gasteiger charge is 2.48. The van der Waals surface area contributed by atoms with Gasteiger partial charge in [0.15, 0.2) is 35.5 Å². The van der Waals surface area contributed by atoms with Crippen molar-refractivity contribution in [1.82, 2.24) is 4.90 Å². The van der Waals surface area contributed by atoms with Crippen LogP contribution in [0.2, 0.25) is 0 Å². The number of hydrogen-bond acceptors (Lipinski definition) is 3. The van der Waals surface area contributed by atoms with Crippen LogP contribution in [-0.4, -0.2) is 28.7 Å². The van der Waals surface area contributed by atoms with E-state index in [1.54, 1.807) is 0 Å². The van der Waals surface area contributed by atoms with Crippen molar-refractivity contribution in [3.8, 4) is 0 Å². The number of carbonyl (C=O) groups excluding carboxylic acids is 3. The standard InChI is InChI=1S/C24H11F9N2O3/c25-10-7-5-9(6-8-10)14(26)20(35-22(37)11-3-1-2-4-12(11)23(35)38)21(36)34-19-17(29)15(27)13(24(31,32)33)16(28)18(19)30/h1-8,14,20H,(H,34,36)/t14-,20-/m0/s1. The fourth-order valence-corrected chi connectivity index (χ4v) is 3.86. The minimum Gasteiger partial charge on any atom is -0.319 e. The minimum atomic E-state index is -5.87. The Morgan fingerprint density at radius 2 is 1.24 bits per heavy atom. The van der Waals surface area contributed by atoms with Gasteiger partial charge in [-0.05, 0) is 29.8 Å². The van der Waals surface area contributed by atoms with Gasteiger partial charge >= 0.3 is 6.18 Å². The number of nitrogens with one attached hydrogen (secondary N) is 1. The van der Waals surface area contributed by atoms with Gasteiger partial charge in [-0.15, -0.1) is 0 Å². The van der Waals surface area contributed by atoms with Crippen molar-refractivity contribution in [2.24, 2.45) is 0 Å². The quantitative estimate of drug-likeness (QED) is 0.253. The highest BCUT2D eigenvalue weighted by Crippen LogP contribution is 2.39. The molecule has 1 aliphatic rings. The first-order valence-electron chi connectivity index (χ1n) is 10.4. The Bertz CT molecular complexity index is 1410. The van der Waals surface area contributed by atoms with Gasteiger partial charge in [0, 0.05) is 0 Å². The van der Waals surface area contributed by atoms with Gasteiger partial charge in [0.25, 0.3) is 17.7 Å². The van der Waals surface area contributed by atoms with E-state index in [0.29, 0.717) is 0 Å². The maximum Gasteiger partial charge on any atom is 0.422 e. The Labute approximate surface area is 206 Å². The van der Waals surface area contributed by atoms with Crippen LogP contribution in [0.4, 0.5) is 45.2 Å². The first kappa shape index (κ1) is 26.7. The number of fused-ring (bicyclic) bond motifs is 1. The molecule has 1 aliphatic heterocycles. The molecule has 14 heteroatoms. The van der Waals surface area contributed by atoms with Crippen LogP contribution in [0.25, 0.3) is 0 Å².